The molecule has 132 valence electrons. The maximum absolute atomic E-state index is 13.0. The number of allylic oxidation sites excluding steroid dienone is 3. The van der Waals surface area contributed by atoms with Gasteiger partial charge in [-0.2, -0.15) is 0 Å². The first kappa shape index (κ1) is 17.7. The molecule has 1 amide bonds. The molecule has 0 bridgehead atoms. The van der Waals surface area contributed by atoms with Gasteiger partial charge in [0.1, 0.15) is 5.75 Å². The van der Waals surface area contributed by atoms with E-state index in [9.17, 15) is 9.59 Å². The molecule has 1 atom stereocenters. The minimum atomic E-state index is -0.142. The highest BCUT2D eigenvalue weighted by atomic mass is 35.5. The molecular weight excluding hydrogens is 338 g/mol. The molecule has 25 heavy (non-hydrogen) atoms. The highest BCUT2D eigenvalue weighted by Gasteiger charge is 2.33. The normalized spacial score (nSPS) is 20.6. The average molecular weight is 360 g/mol. The molecule has 1 aliphatic heterocycles. The van der Waals surface area contributed by atoms with Crippen LogP contribution in [-0.4, -0.2) is 36.8 Å². The third kappa shape index (κ3) is 3.11. The van der Waals surface area contributed by atoms with Crippen LogP contribution in [0, 0.1) is 0 Å². The van der Waals surface area contributed by atoms with Gasteiger partial charge in [-0.3, -0.25) is 9.59 Å². The zero-order chi connectivity index (χ0) is 18.3. The van der Waals surface area contributed by atoms with Gasteiger partial charge in [-0.15, -0.1) is 0 Å². The second-order valence-corrected chi connectivity index (χ2v) is 7.26. The van der Waals surface area contributed by atoms with Crippen molar-refractivity contribution in [1.29, 1.82) is 0 Å². The lowest BCUT2D eigenvalue weighted by atomic mass is 9.88. The Bertz CT molecular complexity index is 822. The number of carbonyl (C=O) groups excluding carboxylic acids is 2. The van der Waals surface area contributed by atoms with Crippen LogP contribution < -0.4 is 4.74 Å². The minimum Gasteiger partial charge on any atom is -0.495 e. The number of Topliss-reactive ketones (excluding diaryl/α,β-unsaturated/α-hetero) is 1. The first-order valence-electron chi connectivity index (χ1n) is 8.39. The van der Waals surface area contributed by atoms with E-state index in [1.54, 1.807) is 11.0 Å². The maximum Gasteiger partial charge on any atom is 0.256 e. The third-order valence-corrected chi connectivity index (χ3v) is 5.32. The zero-order valence-electron chi connectivity index (χ0n) is 15.0. The largest absolute Gasteiger partial charge is 0.495 e. The lowest BCUT2D eigenvalue weighted by Crippen LogP contribution is -2.41. The summed E-state index contributed by atoms with van der Waals surface area (Å²) in [4.78, 5) is 27.2. The van der Waals surface area contributed by atoms with Crippen molar-refractivity contribution < 1.29 is 14.3 Å². The van der Waals surface area contributed by atoms with Crippen molar-refractivity contribution in [3.8, 4) is 5.75 Å². The van der Waals surface area contributed by atoms with Gasteiger partial charge >= 0.3 is 0 Å². The first-order chi connectivity index (χ1) is 11.8. The molecule has 5 heteroatoms. The second kappa shape index (κ2) is 6.68. The fourth-order valence-corrected chi connectivity index (χ4v) is 3.99. The summed E-state index contributed by atoms with van der Waals surface area (Å²) in [6.45, 7) is 6.84. The van der Waals surface area contributed by atoms with Crippen molar-refractivity contribution in [2.75, 3.05) is 20.2 Å². The average Bonchev–Trinajstić information content (AvgIpc) is 2.55. The van der Waals surface area contributed by atoms with Gasteiger partial charge in [0, 0.05) is 25.1 Å². The minimum absolute atomic E-state index is 0.0977. The predicted octanol–water partition coefficient (Wildman–Crippen LogP) is 4.14. The van der Waals surface area contributed by atoms with E-state index in [4.69, 9.17) is 16.3 Å². The first-order valence-corrected chi connectivity index (χ1v) is 8.77. The highest BCUT2D eigenvalue weighted by molar-refractivity contribution is 6.35. The summed E-state index contributed by atoms with van der Waals surface area (Å²) < 4.78 is 5.25. The smallest absolute Gasteiger partial charge is 0.256 e. The molecule has 0 saturated carbocycles. The van der Waals surface area contributed by atoms with Gasteiger partial charge in [-0.05, 0) is 37.0 Å². The lowest BCUT2D eigenvalue weighted by molar-refractivity contribution is -0.115. The maximum atomic E-state index is 13.0. The van der Waals surface area contributed by atoms with Crippen LogP contribution in [0.15, 0.2) is 34.9 Å². The van der Waals surface area contributed by atoms with E-state index in [-0.39, 0.29) is 17.6 Å². The van der Waals surface area contributed by atoms with Gasteiger partial charge in [0.15, 0.2) is 5.78 Å². The van der Waals surface area contributed by atoms with Crippen molar-refractivity contribution >= 4 is 23.3 Å². The Hall–Kier alpha value is -2.07. The third-order valence-electron chi connectivity index (χ3n) is 4.95. The van der Waals surface area contributed by atoms with Crippen molar-refractivity contribution in [3.05, 3.63) is 51.1 Å². The fraction of sp³-hybridized carbons (Fsp3) is 0.400. The van der Waals surface area contributed by atoms with Gasteiger partial charge in [0.25, 0.3) is 5.91 Å². The van der Waals surface area contributed by atoms with Crippen LogP contribution in [0.2, 0.25) is 5.02 Å². The number of hydrogen-bond donors (Lipinski definition) is 0. The Labute approximate surface area is 153 Å². The Morgan fingerprint density at radius 1 is 1.28 bits per heavy atom. The molecule has 2 aliphatic rings. The standard InChI is InChI=1S/C20H22ClNO3/c1-11-7-12(2)15(16(23)8-11)10-22-9-13(3)14-5-6-17(25-4)19(21)18(14)20(22)24/h5-7,13H,8-10H2,1-4H3. The number of nitrogens with zero attached hydrogens (tertiary/aromatic N) is 1. The molecule has 0 radical (unpaired) electrons. The summed E-state index contributed by atoms with van der Waals surface area (Å²) in [6, 6.07) is 3.70. The molecule has 0 saturated heterocycles. The molecule has 1 aromatic rings. The van der Waals surface area contributed by atoms with Crippen LogP contribution in [0.5, 0.6) is 5.75 Å². The topological polar surface area (TPSA) is 46.6 Å². The molecular formula is C20H22ClNO3. The van der Waals surface area contributed by atoms with E-state index in [1.165, 1.54) is 7.11 Å². The van der Waals surface area contributed by atoms with Crippen LogP contribution in [0.25, 0.3) is 0 Å². The Morgan fingerprint density at radius 2 is 2.00 bits per heavy atom. The van der Waals surface area contributed by atoms with E-state index < -0.39 is 0 Å². The lowest BCUT2D eigenvalue weighted by Gasteiger charge is -2.34. The zero-order valence-corrected chi connectivity index (χ0v) is 15.7. The summed E-state index contributed by atoms with van der Waals surface area (Å²) >= 11 is 6.41. The molecule has 4 nitrogen and oxygen atoms in total. The number of amides is 1. The number of fused-ring (bicyclic) bond motifs is 1. The number of methoxy groups -OCH3 is 1. The summed E-state index contributed by atoms with van der Waals surface area (Å²) in [5.74, 6) is 0.593. The Kier molecular flexibility index (Phi) is 4.74. The van der Waals surface area contributed by atoms with E-state index in [2.05, 4.69) is 6.92 Å². The number of ketones is 1. The van der Waals surface area contributed by atoms with Crippen LogP contribution in [0.3, 0.4) is 0 Å². The van der Waals surface area contributed by atoms with Crippen LogP contribution in [0.4, 0.5) is 0 Å². The quantitative estimate of drug-likeness (QED) is 0.814. The molecule has 1 unspecified atom stereocenters. The summed E-state index contributed by atoms with van der Waals surface area (Å²) in [5, 5.41) is 0.345. The second-order valence-electron chi connectivity index (χ2n) is 6.88. The summed E-state index contributed by atoms with van der Waals surface area (Å²) in [5.41, 5.74) is 4.14. The van der Waals surface area contributed by atoms with E-state index in [0.717, 1.165) is 16.7 Å². The molecule has 1 aliphatic carbocycles. The van der Waals surface area contributed by atoms with Crippen LogP contribution >= 0.6 is 11.6 Å². The van der Waals surface area contributed by atoms with Gasteiger partial charge in [0.05, 0.1) is 17.7 Å². The highest BCUT2D eigenvalue weighted by Crippen LogP contribution is 2.38. The van der Waals surface area contributed by atoms with Crippen molar-refractivity contribution in [3.63, 3.8) is 0 Å². The van der Waals surface area contributed by atoms with E-state index >= 15 is 0 Å². The molecule has 0 N–H and O–H groups in total. The number of hydrogen-bond acceptors (Lipinski definition) is 3. The van der Waals surface area contributed by atoms with Gasteiger partial charge < -0.3 is 9.64 Å². The van der Waals surface area contributed by atoms with Crippen molar-refractivity contribution in [2.45, 2.75) is 33.1 Å². The van der Waals surface area contributed by atoms with Crippen LogP contribution in [-0.2, 0) is 4.79 Å². The van der Waals surface area contributed by atoms with Gasteiger partial charge in [-0.1, -0.05) is 36.2 Å². The molecule has 0 fully saturated rings. The number of ether oxygens (including phenoxy) is 1. The summed E-state index contributed by atoms with van der Waals surface area (Å²) in [7, 11) is 1.53. The molecule has 1 heterocycles. The van der Waals surface area contributed by atoms with Crippen molar-refractivity contribution in [2.24, 2.45) is 0 Å². The fourth-order valence-electron chi connectivity index (χ4n) is 3.66. The number of benzene rings is 1. The van der Waals surface area contributed by atoms with Gasteiger partial charge in [-0.25, -0.2) is 0 Å². The Morgan fingerprint density at radius 3 is 2.64 bits per heavy atom. The molecule has 0 aromatic heterocycles. The molecule has 3 rings (SSSR count). The Balaban J connectivity index is 1.98. The SMILES string of the molecule is COc1ccc2c(c1Cl)C(=O)N(CC1=C(C)C=C(C)CC1=O)CC2C. The van der Waals surface area contributed by atoms with Crippen LogP contribution in [0.1, 0.15) is 49.0 Å². The van der Waals surface area contributed by atoms with Gasteiger partial charge in [0.2, 0.25) is 0 Å². The number of halogens is 1. The molecule has 1 aromatic carbocycles. The molecule has 0 spiro atoms. The monoisotopic (exact) mass is 359 g/mol. The van der Waals surface area contributed by atoms with Crippen molar-refractivity contribution in [1.82, 2.24) is 4.90 Å². The summed E-state index contributed by atoms with van der Waals surface area (Å²) in [6.07, 6.45) is 2.45. The van der Waals surface area contributed by atoms with E-state index in [0.29, 0.717) is 41.4 Å². The number of rotatable bonds is 3. The number of carbonyl (C=O) groups is 2. The van der Waals surface area contributed by atoms with E-state index in [1.807, 2.05) is 26.0 Å². The predicted molar refractivity (Wildman–Crippen MR) is 98.4 cm³/mol.